The lowest BCUT2D eigenvalue weighted by Crippen LogP contribution is -2.13. The Hall–Kier alpha value is -2.99. The second-order valence-electron chi connectivity index (χ2n) is 5.76. The van der Waals surface area contributed by atoms with Crippen molar-refractivity contribution in [2.75, 3.05) is 5.32 Å². The summed E-state index contributed by atoms with van der Waals surface area (Å²) in [6, 6.07) is 15.5. The van der Waals surface area contributed by atoms with Gasteiger partial charge >= 0.3 is 0 Å². The fourth-order valence-electron chi connectivity index (χ4n) is 2.78. The van der Waals surface area contributed by atoms with Crippen LogP contribution in [-0.2, 0) is 0 Å². The van der Waals surface area contributed by atoms with E-state index in [-0.39, 0.29) is 5.91 Å². The number of hydrogen-bond acceptors (Lipinski definition) is 4. The van der Waals surface area contributed by atoms with Crippen molar-refractivity contribution in [2.45, 2.75) is 13.8 Å². The Kier molecular flexibility index (Phi) is 3.82. The molecule has 1 amide bonds. The topological polar surface area (TPSA) is 59.8 Å². The van der Waals surface area contributed by atoms with Crippen LogP contribution < -0.4 is 5.32 Å². The van der Waals surface area contributed by atoms with E-state index in [4.69, 9.17) is 0 Å². The number of rotatable bonds is 3. The molecular weight excluding hydrogens is 332 g/mol. The van der Waals surface area contributed by atoms with E-state index in [0.717, 1.165) is 32.3 Å². The molecule has 4 aromatic rings. The molecule has 0 unspecified atom stereocenters. The molecule has 0 atom stereocenters. The third kappa shape index (κ3) is 2.92. The van der Waals surface area contributed by atoms with Crippen LogP contribution in [0.15, 0.2) is 54.7 Å². The van der Waals surface area contributed by atoms with Crippen LogP contribution in [0.3, 0.4) is 0 Å². The number of carbonyl (C=O) groups excluding carboxylic acids is 1. The zero-order valence-electron chi connectivity index (χ0n) is 13.9. The highest BCUT2D eigenvalue weighted by molar-refractivity contribution is 7.18. The van der Waals surface area contributed by atoms with Gasteiger partial charge in [-0.3, -0.25) is 4.79 Å². The van der Waals surface area contributed by atoms with E-state index in [1.54, 1.807) is 22.2 Å². The van der Waals surface area contributed by atoms with Gasteiger partial charge in [0.2, 0.25) is 0 Å². The molecule has 4 rings (SSSR count). The first kappa shape index (κ1) is 15.5. The molecule has 0 saturated carbocycles. The summed E-state index contributed by atoms with van der Waals surface area (Å²) < 4.78 is 2.83. The Morgan fingerprint density at radius 1 is 1.12 bits per heavy atom. The summed E-state index contributed by atoms with van der Waals surface area (Å²) in [5.41, 5.74) is 4.00. The van der Waals surface area contributed by atoms with Gasteiger partial charge < -0.3 is 5.32 Å². The van der Waals surface area contributed by atoms with Gasteiger partial charge in [-0.05, 0) is 44.2 Å². The van der Waals surface area contributed by atoms with Gasteiger partial charge in [0.1, 0.15) is 0 Å². The summed E-state index contributed by atoms with van der Waals surface area (Å²) >= 11 is 1.61. The number of thiazole rings is 1. The maximum atomic E-state index is 12.6. The summed E-state index contributed by atoms with van der Waals surface area (Å²) in [5.74, 6) is -0.166. The molecule has 5 nitrogen and oxygen atoms in total. The van der Waals surface area contributed by atoms with Crippen molar-refractivity contribution in [1.82, 2.24) is 14.8 Å². The predicted molar refractivity (Wildman–Crippen MR) is 101 cm³/mol. The molecule has 1 N–H and O–H groups in total. The number of nitrogens with zero attached hydrogens (tertiary/aromatic N) is 3. The quantitative estimate of drug-likeness (QED) is 0.599. The van der Waals surface area contributed by atoms with Crippen LogP contribution in [-0.4, -0.2) is 20.7 Å². The highest BCUT2D eigenvalue weighted by atomic mass is 32.1. The number of hydrogen-bond donors (Lipinski definition) is 1. The summed E-state index contributed by atoms with van der Waals surface area (Å²) in [6.45, 7) is 3.87. The standard InChI is InChI=1S/C19H16N4OS/c1-12-16(11-20-23(12)15-6-4-3-5-7-15)19(24)22-14-8-9-17-18(10-14)25-13(2)21-17/h3-11H,1-2H3,(H,22,24). The van der Waals surface area contributed by atoms with Crippen molar-refractivity contribution in [3.05, 3.63) is 71.0 Å². The number of aromatic nitrogens is 3. The van der Waals surface area contributed by atoms with Crippen molar-refractivity contribution >= 4 is 33.1 Å². The fraction of sp³-hybridized carbons (Fsp3) is 0.105. The molecule has 0 aliphatic rings. The van der Waals surface area contributed by atoms with Crippen molar-refractivity contribution < 1.29 is 4.79 Å². The first-order valence-electron chi connectivity index (χ1n) is 7.90. The number of benzene rings is 2. The molecule has 2 aromatic carbocycles. The van der Waals surface area contributed by atoms with Crippen LogP contribution in [0, 0.1) is 13.8 Å². The van der Waals surface area contributed by atoms with Crippen LogP contribution in [0.25, 0.3) is 15.9 Å². The lowest BCUT2D eigenvalue weighted by atomic mass is 10.2. The van der Waals surface area contributed by atoms with E-state index in [1.165, 1.54) is 0 Å². The first-order chi connectivity index (χ1) is 12.1. The van der Waals surface area contributed by atoms with Crippen LogP contribution >= 0.6 is 11.3 Å². The number of amides is 1. The predicted octanol–water partition coefficient (Wildman–Crippen LogP) is 4.35. The second kappa shape index (κ2) is 6.14. The highest BCUT2D eigenvalue weighted by Gasteiger charge is 2.15. The van der Waals surface area contributed by atoms with Crippen molar-refractivity contribution in [3.63, 3.8) is 0 Å². The lowest BCUT2D eigenvalue weighted by molar-refractivity contribution is 0.102. The summed E-state index contributed by atoms with van der Waals surface area (Å²) in [6.07, 6.45) is 1.60. The summed E-state index contributed by atoms with van der Waals surface area (Å²) in [4.78, 5) is 17.1. The number of para-hydroxylation sites is 1. The van der Waals surface area contributed by atoms with Gasteiger partial charge in [-0.15, -0.1) is 11.3 Å². The smallest absolute Gasteiger partial charge is 0.259 e. The van der Waals surface area contributed by atoms with Gasteiger partial charge in [-0.1, -0.05) is 18.2 Å². The van der Waals surface area contributed by atoms with Gasteiger partial charge in [-0.25, -0.2) is 9.67 Å². The normalized spacial score (nSPS) is 11.0. The minimum Gasteiger partial charge on any atom is -0.322 e. The van der Waals surface area contributed by atoms with E-state index in [2.05, 4.69) is 15.4 Å². The van der Waals surface area contributed by atoms with Crippen LogP contribution in [0.2, 0.25) is 0 Å². The molecule has 2 heterocycles. The number of fused-ring (bicyclic) bond motifs is 1. The zero-order chi connectivity index (χ0) is 17.4. The molecule has 0 spiro atoms. The monoisotopic (exact) mass is 348 g/mol. The van der Waals surface area contributed by atoms with E-state index in [0.29, 0.717) is 5.56 Å². The van der Waals surface area contributed by atoms with Crippen molar-refractivity contribution in [1.29, 1.82) is 0 Å². The third-order valence-electron chi connectivity index (χ3n) is 4.01. The molecule has 0 radical (unpaired) electrons. The Balaban J connectivity index is 1.61. The van der Waals surface area contributed by atoms with Gasteiger partial charge in [0, 0.05) is 5.69 Å². The Morgan fingerprint density at radius 3 is 2.72 bits per heavy atom. The maximum Gasteiger partial charge on any atom is 0.259 e. The second-order valence-corrected chi connectivity index (χ2v) is 7.00. The Labute approximate surface area is 149 Å². The first-order valence-corrected chi connectivity index (χ1v) is 8.72. The van der Waals surface area contributed by atoms with Crippen molar-refractivity contribution in [2.24, 2.45) is 0 Å². The Bertz CT molecular complexity index is 1070. The van der Waals surface area contributed by atoms with E-state index in [9.17, 15) is 4.79 Å². The maximum absolute atomic E-state index is 12.6. The van der Waals surface area contributed by atoms with Crippen LogP contribution in [0.5, 0.6) is 0 Å². The Morgan fingerprint density at radius 2 is 1.92 bits per heavy atom. The molecular formula is C19H16N4OS. The largest absolute Gasteiger partial charge is 0.322 e. The minimum absolute atomic E-state index is 0.166. The molecule has 0 aliphatic heterocycles. The molecule has 25 heavy (non-hydrogen) atoms. The minimum atomic E-state index is -0.166. The van der Waals surface area contributed by atoms with Gasteiger partial charge in [-0.2, -0.15) is 5.10 Å². The number of anilines is 1. The average Bonchev–Trinajstić information content (AvgIpc) is 3.17. The highest BCUT2D eigenvalue weighted by Crippen LogP contribution is 2.25. The SMILES string of the molecule is Cc1nc2ccc(NC(=O)c3cnn(-c4ccccc4)c3C)cc2s1. The molecule has 124 valence electrons. The third-order valence-corrected chi connectivity index (χ3v) is 4.94. The number of carbonyl (C=O) groups is 1. The van der Waals surface area contributed by atoms with E-state index >= 15 is 0 Å². The van der Waals surface area contributed by atoms with Crippen LogP contribution in [0.4, 0.5) is 5.69 Å². The van der Waals surface area contributed by atoms with Gasteiger partial charge in [0.05, 0.1) is 38.4 Å². The number of aryl methyl sites for hydroxylation is 1. The van der Waals surface area contributed by atoms with E-state index in [1.807, 2.05) is 62.4 Å². The molecule has 0 saturated heterocycles. The zero-order valence-corrected chi connectivity index (χ0v) is 14.7. The van der Waals surface area contributed by atoms with Crippen molar-refractivity contribution in [3.8, 4) is 5.69 Å². The average molecular weight is 348 g/mol. The summed E-state index contributed by atoms with van der Waals surface area (Å²) in [5, 5.41) is 8.31. The lowest BCUT2D eigenvalue weighted by Gasteiger charge is -2.06. The summed E-state index contributed by atoms with van der Waals surface area (Å²) in [7, 11) is 0. The molecule has 0 bridgehead atoms. The molecule has 2 aromatic heterocycles. The van der Waals surface area contributed by atoms with Gasteiger partial charge in [0.15, 0.2) is 0 Å². The van der Waals surface area contributed by atoms with Gasteiger partial charge in [0.25, 0.3) is 5.91 Å². The number of nitrogens with one attached hydrogen (secondary N) is 1. The van der Waals surface area contributed by atoms with Crippen LogP contribution in [0.1, 0.15) is 21.1 Å². The fourth-order valence-corrected chi connectivity index (χ4v) is 3.64. The molecule has 6 heteroatoms. The molecule has 0 fully saturated rings. The van der Waals surface area contributed by atoms with E-state index < -0.39 is 0 Å². The molecule has 0 aliphatic carbocycles.